The van der Waals surface area contributed by atoms with E-state index in [0.717, 1.165) is 17.4 Å². The highest BCUT2D eigenvalue weighted by molar-refractivity contribution is 5.89. The highest BCUT2D eigenvalue weighted by Crippen LogP contribution is 2.24. The Labute approximate surface area is 154 Å². The first-order valence-corrected chi connectivity index (χ1v) is 8.26. The Kier molecular flexibility index (Phi) is 4.21. The summed E-state index contributed by atoms with van der Waals surface area (Å²) in [4.78, 5) is 27.8. The maximum atomic E-state index is 11.0. The summed E-state index contributed by atoms with van der Waals surface area (Å²) in [7, 11) is 1.81. The quantitative estimate of drug-likeness (QED) is 0.575. The average Bonchev–Trinajstić information content (AvgIpc) is 2.99. The van der Waals surface area contributed by atoms with Gasteiger partial charge in [0.2, 0.25) is 5.95 Å². The van der Waals surface area contributed by atoms with E-state index in [4.69, 9.17) is 0 Å². The molecule has 0 saturated heterocycles. The van der Waals surface area contributed by atoms with E-state index in [1.807, 2.05) is 14.0 Å². The van der Waals surface area contributed by atoms with E-state index < -0.39 is 0 Å². The molecule has 1 atom stereocenters. The number of nitrogens with one attached hydrogen (secondary N) is 3. The number of carbonyl (C=O) groups excluding carboxylic acids is 1. The molecule has 136 valence electrons. The van der Waals surface area contributed by atoms with E-state index in [9.17, 15) is 4.79 Å². The molecule has 0 saturated carbocycles. The van der Waals surface area contributed by atoms with Gasteiger partial charge in [0.15, 0.2) is 17.8 Å². The smallest absolute Gasteiger partial charge is 0.229 e. The minimum absolute atomic E-state index is 0.0192. The fourth-order valence-electron chi connectivity index (χ4n) is 2.69. The predicted octanol–water partition coefficient (Wildman–Crippen LogP) is 1.27. The Balaban J connectivity index is 1.64. The monoisotopic (exact) mass is 363 g/mol. The SMILES string of the molecule is CC1NC=C(C=O)C=C1Nc1nn(C)c2nc(Nc3cncnc3)ncc12. The fourth-order valence-corrected chi connectivity index (χ4v) is 2.69. The molecule has 1 aliphatic rings. The highest BCUT2D eigenvalue weighted by Gasteiger charge is 2.17. The molecule has 0 bridgehead atoms. The number of aldehydes is 1. The van der Waals surface area contributed by atoms with Crippen molar-refractivity contribution < 1.29 is 4.79 Å². The molecule has 0 aromatic carbocycles. The first-order valence-electron chi connectivity index (χ1n) is 8.26. The molecule has 0 spiro atoms. The fraction of sp³-hybridized carbons (Fsp3) is 0.176. The largest absolute Gasteiger partial charge is 0.382 e. The average molecular weight is 363 g/mol. The molecule has 10 nitrogen and oxygen atoms in total. The van der Waals surface area contributed by atoms with Crippen molar-refractivity contribution in [2.75, 3.05) is 10.6 Å². The van der Waals surface area contributed by atoms with E-state index >= 15 is 0 Å². The van der Waals surface area contributed by atoms with Crippen molar-refractivity contribution in [2.45, 2.75) is 13.0 Å². The summed E-state index contributed by atoms with van der Waals surface area (Å²) in [5.41, 5.74) is 2.75. The molecule has 3 aromatic heterocycles. The number of carbonyl (C=O) groups is 1. The number of hydrogen-bond donors (Lipinski definition) is 3. The van der Waals surface area contributed by atoms with Gasteiger partial charge in [0.05, 0.1) is 29.5 Å². The van der Waals surface area contributed by atoms with Crippen LogP contribution >= 0.6 is 0 Å². The van der Waals surface area contributed by atoms with Crippen LogP contribution in [0.15, 0.2) is 48.5 Å². The van der Waals surface area contributed by atoms with E-state index in [2.05, 4.69) is 41.0 Å². The van der Waals surface area contributed by atoms with Crippen LogP contribution in [0.25, 0.3) is 11.0 Å². The second-order valence-electron chi connectivity index (χ2n) is 6.03. The van der Waals surface area contributed by atoms with Gasteiger partial charge in [-0.3, -0.25) is 4.79 Å². The van der Waals surface area contributed by atoms with Crippen molar-refractivity contribution in [1.82, 2.24) is 35.0 Å². The molecule has 4 rings (SSSR count). The van der Waals surface area contributed by atoms with Crippen LogP contribution in [-0.4, -0.2) is 42.0 Å². The molecule has 1 unspecified atom stereocenters. The zero-order valence-corrected chi connectivity index (χ0v) is 14.7. The number of hydrogen-bond acceptors (Lipinski definition) is 9. The number of nitrogens with zero attached hydrogens (tertiary/aromatic N) is 6. The molecule has 3 N–H and O–H groups in total. The molecule has 10 heteroatoms. The number of anilines is 3. The summed E-state index contributed by atoms with van der Waals surface area (Å²) in [5, 5.41) is 14.7. The second-order valence-corrected chi connectivity index (χ2v) is 6.03. The summed E-state index contributed by atoms with van der Waals surface area (Å²) < 4.78 is 1.67. The minimum Gasteiger partial charge on any atom is -0.382 e. The van der Waals surface area contributed by atoms with Crippen molar-refractivity contribution in [2.24, 2.45) is 7.05 Å². The molecule has 0 aliphatic carbocycles. The standard InChI is InChI=1S/C17H17N9O/c1-10-14(3-11(8-27)4-20-10)23-15-13-7-21-17(24-16(13)26(2)25-15)22-12-5-18-9-19-6-12/h3-10,20H,1-2H3,(H,23,25)(H,21,22,24). The maximum Gasteiger partial charge on any atom is 0.229 e. The number of rotatable bonds is 5. The van der Waals surface area contributed by atoms with Gasteiger partial charge in [-0.1, -0.05) is 0 Å². The van der Waals surface area contributed by atoms with Crippen LogP contribution in [0.3, 0.4) is 0 Å². The van der Waals surface area contributed by atoms with E-state index in [0.29, 0.717) is 28.7 Å². The third kappa shape index (κ3) is 3.32. The Morgan fingerprint density at radius 3 is 2.81 bits per heavy atom. The lowest BCUT2D eigenvalue weighted by atomic mass is 10.1. The van der Waals surface area contributed by atoms with Crippen LogP contribution in [0, 0.1) is 0 Å². The summed E-state index contributed by atoms with van der Waals surface area (Å²) in [5.74, 6) is 1.04. The Morgan fingerprint density at radius 1 is 1.22 bits per heavy atom. The van der Waals surface area contributed by atoms with Crippen LogP contribution in [0.1, 0.15) is 6.92 Å². The molecule has 1 aliphatic heterocycles. The van der Waals surface area contributed by atoms with Crippen LogP contribution in [0.2, 0.25) is 0 Å². The maximum absolute atomic E-state index is 11.0. The van der Waals surface area contributed by atoms with Crippen LogP contribution in [0.5, 0.6) is 0 Å². The molecule has 0 amide bonds. The zero-order valence-electron chi connectivity index (χ0n) is 14.7. The summed E-state index contributed by atoms with van der Waals surface area (Å²) in [6.07, 6.45) is 10.7. The normalized spacial score (nSPS) is 16.3. The van der Waals surface area contributed by atoms with Crippen molar-refractivity contribution in [1.29, 1.82) is 0 Å². The van der Waals surface area contributed by atoms with Crippen molar-refractivity contribution in [3.8, 4) is 0 Å². The van der Waals surface area contributed by atoms with Gasteiger partial charge in [0.25, 0.3) is 0 Å². The van der Waals surface area contributed by atoms with Gasteiger partial charge in [0, 0.05) is 30.7 Å². The van der Waals surface area contributed by atoms with Crippen LogP contribution < -0.4 is 16.0 Å². The molecule has 4 heterocycles. The number of dihydropyridines is 1. The lowest BCUT2D eigenvalue weighted by molar-refractivity contribution is -0.104. The topological polar surface area (TPSA) is 123 Å². The van der Waals surface area contributed by atoms with Gasteiger partial charge in [0.1, 0.15) is 6.33 Å². The van der Waals surface area contributed by atoms with Gasteiger partial charge in [-0.25, -0.2) is 19.6 Å². The van der Waals surface area contributed by atoms with Crippen molar-refractivity contribution in [3.63, 3.8) is 0 Å². The Bertz CT molecular complexity index is 1050. The molecular weight excluding hydrogens is 346 g/mol. The van der Waals surface area contributed by atoms with Gasteiger partial charge in [-0.05, 0) is 13.0 Å². The van der Waals surface area contributed by atoms with E-state index in [1.165, 1.54) is 6.33 Å². The predicted molar refractivity (Wildman–Crippen MR) is 100 cm³/mol. The Morgan fingerprint density at radius 2 is 2.04 bits per heavy atom. The highest BCUT2D eigenvalue weighted by atomic mass is 16.1. The van der Waals surface area contributed by atoms with Gasteiger partial charge >= 0.3 is 0 Å². The van der Waals surface area contributed by atoms with Gasteiger partial charge < -0.3 is 16.0 Å². The van der Waals surface area contributed by atoms with Crippen LogP contribution in [-0.2, 0) is 11.8 Å². The second kappa shape index (κ2) is 6.83. The third-order valence-electron chi connectivity index (χ3n) is 4.08. The number of allylic oxidation sites excluding steroid dienone is 2. The Hall–Kier alpha value is -3.82. The van der Waals surface area contributed by atoms with Crippen molar-refractivity contribution >= 4 is 34.8 Å². The van der Waals surface area contributed by atoms with Crippen LogP contribution in [0.4, 0.5) is 17.5 Å². The first-order chi connectivity index (χ1) is 13.1. The van der Waals surface area contributed by atoms with E-state index in [1.54, 1.807) is 35.5 Å². The molecule has 3 aromatic rings. The number of aryl methyl sites for hydroxylation is 1. The van der Waals surface area contributed by atoms with Crippen molar-refractivity contribution in [3.05, 3.63) is 48.5 Å². The minimum atomic E-state index is 0.0192. The van der Waals surface area contributed by atoms with Gasteiger partial charge in [-0.15, -0.1) is 0 Å². The molecule has 0 radical (unpaired) electrons. The summed E-state index contributed by atoms with van der Waals surface area (Å²) in [6.45, 7) is 1.99. The lowest BCUT2D eigenvalue weighted by Gasteiger charge is -2.21. The van der Waals surface area contributed by atoms with E-state index in [-0.39, 0.29) is 6.04 Å². The lowest BCUT2D eigenvalue weighted by Crippen LogP contribution is -2.30. The molecular formula is C17H17N9O. The number of aromatic nitrogens is 6. The third-order valence-corrected chi connectivity index (χ3v) is 4.08. The summed E-state index contributed by atoms with van der Waals surface area (Å²) >= 11 is 0. The summed E-state index contributed by atoms with van der Waals surface area (Å²) in [6, 6.07) is 0.0192. The molecule has 0 fully saturated rings. The zero-order chi connectivity index (χ0) is 18.8. The first kappa shape index (κ1) is 16.6. The molecule has 27 heavy (non-hydrogen) atoms. The number of fused-ring (bicyclic) bond motifs is 1. The van der Waals surface area contributed by atoms with Gasteiger partial charge in [-0.2, -0.15) is 10.1 Å².